The predicted molar refractivity (Wildman–Crippen MR) is 52.3 cm³/mol. The number of nitrogens with two attached hydrogens (primary N) is 1. The van der Waals surface area contributed by atoms with Crippen LogP contribution in [0.2, 0.25) is 0 Å². The first-order valence-corrected chi connectivity index (χ1v) is 3.81. The molecule has 4 heteroatoms. The smallest absolute Gasteiger partial charge is 0.128 e. The summed E-state index contributed by atoms with van der Waals surface area (Å²) < 4.78 is 13.0. The fourth-order valence-corrected chi connectivity index (χ4v) is 1.01. The summed E-state index contributed by atoms with van der Waals surface area (Å²) in [7, 11) is 0. The average Bonchev–Trinajstić information content (AvgIpc) is 2.04. The number of rotatable bonds is 2. The molecular formula is C9H13ClFNO. The molecule has 0 saturated heterocycles. The topological polar surface area (TPSA) is 46.2 Å². The highest BCUT2D eigenvalue weighted by atomic mass is 35.5. The molecule has 0 bridgehead atoms. The van der Waals surface area contributed by atoms with E-state index in [1.54, 1.807) is 18.2 Å². The lowest BCUT2D eigenvalue weighted by molar-refractivity contribution is 0.162. The molecule has 0 unspecified atom stereocenters. The lowest BCUT2D eigenvalue weighted by Gasteiger charge is -2.15. The van der Waals surface area contributed by atoms with Crippen molar-refractivity contribution in [1.29, 1.82) is 0 Å². The lowest BCUT2D eigenvalue weighted by Crippen LogP contribution is -2.24. The van der Waals surface area contributed by atoms with E-state index < -0.39 is 12.1 Å². The molecule has 0 heterocycles. The Morgan fingerprint density at radius 1 is 1.38 bits per heavy atom. The van der Waals surface area contributed by atoms with Gasteiger partial charge in [0.05, 0.1) is 12.1 Å². The average molecular weight is 206 g/mol. The Morgan fingerprint density at radius 2 is 1.92 bits per heavy atom. The van der Waals surface area contributed by atoms with Crippen LogP contribution in [-0.4, -0.2) is 11.2 Å². The van der Waals surface area contributed by atoms with Crippen LogP contribution in [0.15, 0.2) is 24.3 Å². The molecule has 0 spiro atoms. The molecule has 2 nitrogen and oxygen atoms in total. The number of benzene rings is 1. The molecule has 1 aromatic carbocycles. The van der Waals surface area contributed by atoms with Crippen molar-refractivity contribution in [1.82, 2.24) is 0 Å². The highest BCUT2D eigenvalue weighted by Crippen LogP contribution is 2.16. The highest BCUT2D eigenvalue weighted by Gasteiger charge is 2.14. The molecule has 0 radical (unpaired) electrons. The first-order valence-electron chi connectivity index (χ1n) is 3.81. The van der Waals surface area contributed by atoms with Gasteiger partial charge in [0.1, 0.15) is 5.82 Å². The fraction of sp³-hybridized carbons (Fsp3) is 0.333. The van der Waals surface area contributed by atoms with Gasteiger partial charge < -0.3 is 10.8 Å². The monoisotopic (exact) mass is 205 g/mol. The number of hydrogen-bond donors (Lipinski definition) is 2. The van der Waals surface area contributed by atoms with Crippen LogP contribution < -0.4 is 5.73 Å². The lowest BCUT2D eigenvalue weighted by atomic mass is 10.0. The molecule has 74 valence electrons. The molecule has 1 rings (SSSR count). The Bertz CT molecular complexity index is 268. The first kappa shape index (κ1) is 12.4. The summed E-state index contributed by atoms with van der Waals surface area (Å²) in [6.07, 6.45) is -0.734. The van der Waals surface area contributed by atoms with Crippen LogP contribution in [-0.2, 0) is 0 Å². The van der Waals surface area contributed by atoms with Crippen molar-refractivity contribution in [3.05, 3.63) is 35.6 Å². The van der Waals surface area contributed by atoms with Crippen molar-refractivity contribution in [2.45, 2.75) is 19.1 Å². The normalized spacial score (nSPS) is 14.5. The molecule has 0 fully saturated rings. The van der Waals surface area contributed by atoms with Gasteiger partial charge in [-0.05, 0) is 13.0 Å². The zero-order valence-corrected chi connectivity index (χ0v) is 8.09. The second-order valence-electron chi connectivity index (χ2n) is 2.79. The molecule has 13 heavy (non-hydrogen) atoms. The van der Waals surface area contributed by atoms with Gasteiger partial charge in [-0.1, -0.05) is 18.2 Å². The maximum atomic E-state index is 13.0. The van der Waals surface area contributed by atoms with Gasteiger partial charge in [-0.3, -0.25) is 0 Å². The van der Waals surface area contributed by atoms with Crippen molar-refractivity contribution < 1.29 is 9.50 Å². The fourth-order valence-electron chi connectivity index (χ4n) is 1.01. The zero-order chi connectivity index (χ0) is 9.14. The summed E-state index contributed by atoms with van der Waals surface area (Å²) in [6, 6.07) is 5.55. The van der Waals surface area contributed by atoms with Gasteiger partial charge in [-0.15, -0.1) is 12.4 Å². The van der Waals surface area contributed by atoms with Crippen molar-refractivity contribution >= 4 is 12.4 Å². The summed E-state index contributed by atoms with van der Waals surface area (Å²) in [4.78, 5) is 0. The Kier molecular flexibility index (Phi) is 4.91. The minimum atomic E-state index is -0.734. The molecule has 0 saturated carbocycles. The molecule has 0 aliphatic heterocycles. The zero-order valence-electron chi connectivity index (χ0n) is 7.27. The quantitative estimate of drug-likeness (QED) is 0.771. The largest absolute Gasteiger partial charge is 0.391 e. The van der Waals surface area contributed by atoms with Crippen LogP contribution in [0.1, 0.15) is 18.5 Å². The summed E-state index contributed by atoms with van der Waals surface area (Å²) >= 11 is 0. The Balaban J connectivity index is 0.00000144. The maximum Gasteiger partial charge on any atom is 0.128 e. The SMILES string of the molecule is C[C@H](O)[C@H](N)c1ccccc1F.Cl. The van der Waals surface area contributed by atoms with Gasteiger partial charge in [0.2, 0.25) is 0 Å². The maximum absolute atomic E-state index is 13.0. The molecule has 0 aromatic heterocycles. The summed E-state index contributed by atoms with van der Waals surface area (Å²) in [5.74, 6) is -0.370. The van der Waals surface area contributed by atoms with E-state index in [0.29, 0.717) is 5.56 Å². The van der Waals surface area contributed by atoms with Crippen LogP contribution >= 0.6 is 12.4 Å². The molecule has 0 aliphatic rings. The predicted octanol–water partition coefficient (Wildman–Crippen LogP) is 1.63. The van der Waals surface area contributed by atoms with Crippen LogP contribution in [0, 0.1) is 5.82 Å². The van der Waals surface area contributed by atoms with E-state index in [2.05, 4.69) is 0 Å². The molecular weight excluding hydrogens is 193 g/mol. The number of aliphatic hydroxyl groups excluding tert-OH is 1. The van der Waals surface area contributed by atoms with Gasteiger partial charge in [0.15, 0.2) is 0 Å². The van der Waals surface area contributed by atoms with Crippen molar-refractivity contribution in [2.75, 3.05) is 0 Å². The first-order chi connectivity index (χ1) is 5.63. The summed E-state index contributed by atoms with van der Waals surface area (Å²) in [5, 5.41) is 9.11. The van der Waals surface area contributed by atoms with E-state index in [1.807, 2.05) is 0 Å². The van der Waals surface area contributed by atoms with Gasteiger partial charge in [-0.25, -0.2) is 4.39 Å². The second-order valence-corrected chi connectivity index (χ2v) is 2.79. The molecule has 0 amide bonds. The van der Waals surface area contributed by atoms with Crippen LogP contribution in [0.4, 0.5) is 4.39 Å². The van der Waals surface area contributed by atoms with E-state index in [9.17, 15) is 4.39 Å². The van der Waals surface area contributed by atoms with E-state index in [1.165, 1.54) is 13.0 Å². The third kappa shape index (κ3) is 2.95. The molecule has 2 atom stereocenters. The third-order valence-electron chi connectivity index (χ3n) is 1.78. The summed E-state index contributed by atoms with van der Waals surface area (Å²) in [6.45, 7) is 1.54. The van der Waals surface area contributed by atoms with Crippen molar-refractivity contribution in [2.24, 2.45) is 5.73 Å². The van der Waals surface area contributed by atoms with Crippen LogP contribution in [0.5, 0.6) is 0 Å². The van der Waals surface area contributed by atoms with Crippen molar-refractivity contribution in [3.8, 4) is 0 Å². The Labute approximate surface area is 83.0 Å². The molecule has 1 aromatic rings. The molecule has 0 aliphatic carbocycles. The van der Waals surface area contributed by atoms with Gasteiger partial charge >= 0.3 is 0 Å². The minimum Gasteiger partial charge on any atom is -0.391 e. The van der Waals surface area contributed by atoms with E-state index in [0.717, 1.165) is 0 Å². The van der Waals surface area contributed by atoms with Gasteiger partial charge in [0, 0.05) is 5.56 Å². The highest BCUT2D eigenvalue weighted by molar-refractivity contribution is 5.85. The molecule has 3 N–H and O–H groups in total. The minimum absolute atomic E-state index is 0. The van der Waals surface area contributed by atoms with Crippen molar-refractivity contribution in [3.63, 3.8) is 0 Å². The Hall–Kier alpha value is -0.640. The Morgan fingerprint density at radius 3 is 2.38 bits per heavy atom. The van der Waals surface area contributed by atoms with Crippen LogP contribution in [0.25, 0.3) is 0 Å². The van der Waals surface area contributed by atoms with Gasteiger partial charge in [-0.2, -0.15) is 0 Å². The number of halogens is 2. The number of hydrogen-bond acceptors (Lipinski definition) is 2. The van der Waals surface area contributed by atoms with Crippen LogP contribution in [0.3, 0.4) is 0 Å². The van der Waals surface area contributed by atoms with E-state index in [4.69, 9.17) is 10.8 Å². The summed E-state index contributed by atoms with van der Waals surface area (Å²) in [5.41, 5.74) is 5.90. The van der Waals surface area contributed by atoms with E-state index >= 15 is 0 Å². The standard InChI is InChI=1S/C9H12FNO.ClH/c1-6(12)9(11)7-4-2-3-5-8(7)10;/h2-6,9,12H,11H2,1H3;1H/t6-,9-;/m0./s1. The number of aliphatic hydroxyl groups is 1. The third-order valence-corrected chi connectivity index (χ3v) is 1.78. The second kappa shape index (κ2) is 5.17. The van der Waals surface area contributed by atoms with Gasteiger partial charge in [0.25, 0.3) is 0 Å². The van der Waals surface area contributed by atoms with E-state index in [-0.39, 0.29) is 18.2 Å².